The van der Waals surface area contributed by atoms with Gasteiger partial charge in [-0.25, -0.2) is 0 Å². The van der Waals surface area contributed by atoms with Crippen LogP contribution in [-0.4, -0.2) is 33.7 Å². The summed E-state index contributed by atoms with van der Waals surface area (Å²) >= 11 is 7.64. The molecule has 0 aromatic heterocycles. The van der Waals surface area contributed by atoms with E-state index in [4.69, 9.17) is 0 Å². The minimum Gasteiger partial charge on any atom is -0.396 e. The van der Waals surface area contributed by atoms with Crippen molar-refractivity contribution in [2.75, 3.05) is 13.2 Å². The first-order valence-corrected chi connectivity index (χ1v) is 13.2. The number of carbonyl (C=O) groups excluding carboxylic acids is 2. The van der Waals surface area contributed by atoms with Crippen molar-refractivity contribution in [3.63, 3.8) is 0 Å². The molecule has 0 fully saturated rings. The second-order valence-corrected chi connectivity index (χ2v) is 9.66. The fourth-order valence-corrected chi connectivity index (χ4v) is 4.52. The number of benzene rings is 1. The number of aryl methyl sites for hydroxylation is 2. The molecule has 1 aromatic rings. The Morgan fingerprint density at radius 2 is 0.844 bits per heavy atom. The van der Waals surface area contributed by atoms with Crippen LogP contribution >= 0.6 is 25.3 Å². The van der Waals surface area contributed by atoms with Gasteiger partial charge in [-0.1, -0.05) is 50.7 Å². The summed E-state index contributed by atoms with van der Waals surface area (Å²) in [4.78, 5) is 21.8. The Labute approximate surface area is 205 Å². The van der Waals surface area contributed by atoms with Crippen LogP contribution in [0.15, 0.2) is 12.1 Å². The van der Waals surface area contributed by atoms with Crippen LogP contribution in [0.3, 0.4) is 0 Å². The lowest BCUT2D eigenvalue weighted by Crippen LogP contribution is -2.06. The first-order chi connectivity index (χ1) is 15.5. The topological polar surface area (TPSA) is 74.6 Å². The normalized spacial score (nSPS) is 11.1. The van der Waals surface area contributed by atoms with Crippen LogP contribution in [0.4, 0.5) is 0 Å². The molecule has 2 N–H and O–H groups in total. The van der Waals surface area contributed by atoms with Crippen LogP contribution in [-0.2, 0) is 35.3 Å². The van der Waals surface area contributed by atoms with Crippen LogP contribution in [0.25, 0.3) is 0 Å². The summed E-state index contributed by atoms with van der Waals surface area (Å²) in [5.74, 6) is 0. The summed E-state index contributed by atoms with van der Waals surface area (Å²) < 4.78 is 0. The van der Waals surface area contributed by atoms with E-state index in [9.17, 15) is 19.8 Å². The molecule has 0 radical (unpaired) electrons. The highest BCUT2D eigenvalue weighted by molar-refractivity contribution is 7.96. The number of rotatable bonds is 20. The summed E-state index contributed by atoms with van der Waals surface area (Å²) in [5, 5.41) is 18.9. The van der Waals surface area contributed by atoms with Crippen molar-refractivity contribution >= 4 is 35.5 Å². The monoisotopic (exact) mass is 482 g/mol. The number of carbonyl (C=O) groups is 2. The van der Waals surface area contributed by atoms with Crippen molar-refractivity contribution in [2.24, 2.45) is 0 Å². The molecule has 32 heavy (non-hydrogen) atoms. The van der Waals surface area contributed by atoms with Gasteiger partial charge in [-0.2, -0.15) is 0 Å². The Kier molecular flexibility index (Phi) is 17.0. The first kappa shape index (κ1) is 29.2. The van der Waals surface area contributed by atoms with E-state index in [-0.39, 0.29) is 23.4 Å². The highest BCUT2D eigenvalue weighted by atomic mass is 32.1. The second kappa shape index (κ2) is 18.6. The van der Waals surface area contributed by atoms with Crippen molar-refractivity contribution < 1.29 is 19.8 Å². The molecule has 1 rings (SSSR count). The summed E-state index contributed by atoms with van der Waals surface area (Å²) in [6.45, 7) is 0.242. The summed E-state index contributed by atoms with van der Waals surface area (Å²) in [7, 11) is 0. The molecule has 6 heteroatoms. The lowest BCUT2D eigenvalue weighted by molar-refractivity contribution is -0.111. The third-order valence-electron chi connectivity index (χ3n) is 5.96. The van der Waals surface area contributed by atoms with E-state index in [0.717, 1.165) is 88.2 Å². The molecule has 0 saturated heterocycles. The zero-order valence-electron chi connectivity index (χ0n) is 19.5. The van der Waals surface area contributed by atoms with Crippen molar-refractivity contribution in [1.29, 1.82) is 0 Å². The van der Waals surface area contributed by atoms with Gasteiger partial charge in [0.1, 0.15) is 0 Å². The lowest BCUT2D eigenvalue weighted by atomic mass is 9.90. The van der Waals surface area contributed by atoms with Gasteiger partial charge in [0.05, 0.1) is 0 Å². The quantitative estimate of drug-likeness (QED) is 0.148. The van der Waals surface area contributed by atoms with Gasteiger partial charge >= 0.3 is 0 Å². The number of aliphatic hydroxyl groups excluding tert-OH is 2. The van der Waals surface area contributed by atoms with Crippen molar-refractivity contribution in [3.05, 3.63) is 34.4 Å². The zero-order chi connectivity index (χ0) is 23.6. The molecule has 0 aliphatic carbocycles. The van der Waals surface area contributed by atoms with Gasteiger partial charge in [-0.3, -0.25) is 9.59 Å². The maximum atomic E-state index is 10.9. The number of unbranched alkanes of at least 4 members (excludes halogenated alkanes) is 8. The number of thiol groups is 2. The summed E-state index contributed by atoms with van der Waals surface area (Å²) in [6, 6.07) is 4.52. The minimum absolute atomic E-state index is 0.0239. The van der Waals surface area contributed by atoms with Crippen LogP contribution < -0.4 is 0 Å². The molecule has 0 aliphatic heterocycles. The highest BCUT2D eigenvalue weighted by Gasteiger charge is 2.10. The zero-order valence-corrected chi connectivity index (χ0v) is 21.3. The van der Waals surface area contributed by atoms with Crippen molar-refractivity contribution in [2.45, 2.75) is 103 Å². The molecule has 182 valence electrons. The Hall–Kier alpha value is -0.820. The molecule has 4 nitrogen and oxygen atoms in total. The largest absolute Gasteiger partial charge is 0.396 e. The average molecular weight is 483 g/mol. The van der Waals surface area contributed by atoms with Crippen LogP contribution in [0.2, 0.25) is 0 Å². The number of aliphatic hydroxyl groups is 2. The minimum atomic E-state index is -0.0239. The van der Waals surface area contributed by atoms with Gasteiger partial charge < -0.3 is 10.2 Å². The SMILES string of the molecule is O=C(S)CCCCCCCc1cc(CCO)c(CCO)cc1CCCCCCCC(=O)S. The standard InChI is InChI=1S/C26H42O4S2/c27-17-15-23-19-21(11-7-3-1-5-9-13-25(29)31)22(20-24(23)16-18-28)12-8-4-2-6-10-14-26(30)32/h19-20,27-28H,1-18H2,(H,29,31)(H,30,32). The van der Waals surface area contributed by atoms with Gasteiger partial charge in [0.15, 0.2) is 10.2 Å². The predicted molar refractivity (Wildman–Crippen MR) is 139 cm³/mol. The maximum Gasteiger partial charge on any atom is 0.185 e. The number of hydrogen-bond acceptors (Lipinski definition) is 4. The van der Waals surface area contributed by atoms with Gasteiger partial charge in [0, 0.05) is 26.1 Å². The summed E-state index contributed by atoms with van der Waals surface area (Å²) in [6.07, 6.45) is 15.3. The van der Waals surface area contributed by atoms with E-state index in [0.29, 0.717) is 25.7 Å². The maximum absolute atomic E-state index is 10.9. The van der Waals surface area contributed by atoms with Crippen molar-refractivity contribution in [1.82, 2.24) is 0 Å². The van der Waals surface area contributed by atoms with Crippen molar-refractivity contribution in [3.8, 4) is 0 Å². The van der Waals surface area contributed by atoms with Gasteiger partial charge in [0.25, 0.3) is 0 Å². The molecular formula is C26H42O4S2. The molecule has 0 saturated carbocycles. The first-order valence-electron chi connectivity index (χ1n) is 12.3. The van der Waals surface area contributed by atoms with E-state index in [2.05, 4.69) is 37.4 Å². The molecule has 1 aromatic carbocycles. The fraction of sp³-hybridized carbons (Fsp3) is 0.692. The summed E-state index contributed by atoms with van der Waals surface area (Å²) in [5.41, 5.74) is 5.07. The van der Waals surface area contributed by atoms with Crippen LogP contribution in [0, 0.1) is 0 Å². The molecular weight excluding hydrogens is 440 g/mol. The molecule has 0 spiro atoms. The Bertz CT molecular complexity index is 619. The van der Waals surface area contributed by atoms with E-state index < -0.39 is 0 Å². The Morgan fingerprint density at radius 1 is 0.531 bits per heavy atom. The lowest BCUT2D eigenvalue weighted by Gasteiger charge is -2.16. The van der Waals surface area contributed by atoms with E-state index >= 15 is 0 Å². The van der Waals surface area contributed by atoms with E-state index in [1.807, 2.05) is 0 Å². The van der Waals surface area contributed by atoms with Gasteiger partial charge in [-0.05, 0) is 73.6 Å². The van der Waals surface area contributed by atoms with Gasteiger partial charge in [-0.15, -0.1) is 25.3 Å². The molecule has 0 bridgehead atoms. The molecule has 0 amide bonds. The average Bonchev–Trinajstić information content (AvgIpc) is 2.74. The Morgan fingerprint density at radius 3 is 1.19 bits per heavy atom. The molecule has 0 atom stereocenters. The molecule has 0 unspecified atom stereocenters. The van der Waals surface area contributed by atoms with Crippen LogP contribution in [0.5, 0.6) is 0 Å². The van der Waals surface area contributed by atoms with Gasteiger partial charge in [0.2, 0.25) is 0 Å². The van der Waals surface area contributed by atoms with Crippen LogP contribution in [0.1, 0.15) is 99.3 Å². The fourth-order valence-electron chi connectivity index (χ4n) is 4.21. The van der Waals surface area contributed by atoms with E-state index in [1.54, 1.807) is 0 Å². The second-order valence-electron chi connectivity index (χ2n) is 8.66. The molecule has 0 heterocycles. The smallest absolute Gasteiger partial charge is 0.185 e. The third kappa shape index (κ3) is 13.7. The number of hydrogen-bond donors (Lipinski definition) is 4. The molecule has 0 aliphatic rings. The Balaban J connectivity index is 2.63. The van der Waals surface area contributed by atoms with E-state index in [1.165, 1.54) is 11.1 Å². The predicted octanol–water partition coefficient (Wildman–Crippen LogP) is 5.44. The third-order valence-corrected chi connectivity index (χ3v) is 6.40. The highest BCUT2D eigenvalue weighted by Crippen LogP contribution is 2.23.